The number of benzene rings is 1. The molecule has 1 aliphatic carbocycles. The number of ether oxygens (including phenoxy) is 2. The van der Waals surface area contributed by atoms with Crippen molar-refractivity contribution in [2.24, 2.45) is 11.7 Å². The van der Waals surface area contributed by atoms with E-state index in [1.54, 1.807) is 43.5 Å². The van der Waals surface area contributed by atoms with E-state index in [9.17, 15) is 30.9 Å². The summed E-state index contributed by atoms with van der Waals surface area (Å²) in [5.41, 5.74) is 4.66. The molecule has 0 spiro atoms. The number of halogens is 6. The van der Waals surface area contributed by atoms with Gasteiger partial charge in [0, 0.05) is 38.6 Å². The Bertz CT molecular complexity index is 1290. The molecule has 1 unspecified atom stereocenters. The standard InChI is InChI=1S/C30H49F6N5O3SSi/c1-27(2,3)45(42)40-22(17-44-28(4,5)30(34,35)36)26-39-21-15-20(25(19-9-10-19)38-16-24(37)29(31,32)33)11-12-23(21)41(26)18-43-13-14-46(6,7)8/h11-12,15,19,22,24-25,38,40H,9-10,13-14,16-18,37H2,1-8H3/t22-,24-,25+,45?/m0/s1. The Labute approximate surface area is 271 Å². The van der Waals surface area contributed by atoms with E-state index in [-0.39, 0.29) is 18.5 Å². The van der Waals surface area contributed by atoms with Gasteiger partial charge in [-0.15, -0.1) is 4.72 Å². The third-order valence-corrected chi connectivity index (χ3v) is 11.2. The Balaban J connectivity index is 2.04. The van der Waals surface area contributed by atoms with Gasteiger partial charge in [0.1, 0.15) is 29.4 Å². The summed E-state index contributed by atoms with van der Waals surface area (Å²) in [6.45, 7) is 13.2. The Morgan fingerprint density at radius 1 is 1.09 bits per heavy atom. The highest BCUT2D eigenvalue weighted by Crippen LogP contribution is 2.42. The lowest BCUT2D eigenvalue weighted by molar-refractivity contribution is -0.265. The van der Waals surface area contributed by atoms with Crippen LogP contribution in [0.3, 0.4) is 0 Å². The number of nitrogens with two attached hydrogens (primary N) is 1. The highest BCUT2D eigenvalue weighted by Gasteiger charge is 2.49. The minimum Gasteiger partial charge on any atom is -0.598 e. The van der Waals surface area contributed by atoms with E-state index in [4.69, 9.17) is 20.2 Å². The van der Waals surface area contributed by atoms with Gasteiger partial charge in [0.2, 0.25) is 0 Å². The molecule has 4 atom stereocenters. The van der Waals surface area contributed by atoms with E-state index in [2.05, 4.69) is 29.7 Å². The molecular formula is C30H49F6N5O3SSi. The number of aromatic nitrogens is 2. The van der Waals surface area contributed by atoms with Crippen LogP contribution in [-0.2, 0) is 27.6 Å². The molecule has 1 fully saturated rings. The second-order valence-corrected chi connectivity index (χ2v) is 22.4. The predicted octanol–water partition coefficient (Wildman–Crippen LogP) is 6.73. The lowest BCUT2D eigenvalue weighted by atomic mass is 10.0. The summed E-state index contributed by atoms with van der Waals surface area (Å²) in [4.78, 5) is 4.80. The second kappa shape index (κ2) is 14.6. The number of hydrogen-bond acceptors (Lipinski definition) is 7. The molecule has 264 valence electrons. The van der Waals surface area contributed by atoms with Crippen LogP contribution in [0, 0.1) is 5.92 Å². The number of alkyl halides is 6. The molecule has 0 radical (unpaired) electrons. The second-order valence-electron chi connectivity index (χ2n) is 14.7. The van der Waals surface area contributed by atoms with E-state index in [1.807, 2.05) is 0 Å². The number of imidazole rings is 1. The largest absolute Gasteiger partial charge is 0.598 e. The van der Waals surface area contributed by atoms with Gasteiger partial charge < -0.3 is 29.6 Å². The van der Waals surface area contributed by atoms with Gasteiger partial charge in [-0.3, -0.25) is 0 Å². The van der Waals surface area contributed by atoms with E-state index < -0.39 is 73.4 Å². The number of hydrogen-bond donors (Lipinski definition) is 3. The monoisotopic (exact) mass is 701 g/mol. The first kappa shape index (κ1) is 39.0. The molecule has 3 rings (SSSR count). The molecule has 8 nitrogen and oxygen atoms in total. The van der Waals surface area contributed by atoms with Crippen LogP contribution >= 0.6 is 0 Å². The molecule has 2 aromatic rings. The fourth-order valence-corrected chi connectivity index (χ4v) is 6.03. The van der Waals surface area contributed by atoms with Gasteiger partial charge in [-0.25, -0.2) is 4.98 Å². The van der Waals surface area contributed by atoms with Gasteiger partial charge in [-0.05, 0) is 77.1 Å². The van der Waals surface area contributed by atoms with Gasteiger partial charge in [0.15, 0.2) is 5.60 Å². The Hall–Kier alpha value is -1.40. The van der Waals surface area contributed by atoms with Crippen LogP contribution in [-0.4, -0.2) is 70.7 Å². The van der Waals surface area contributed by atoms with Crippen molar-refractivity contribution in [3.05, 3.63) is 29.6 Å². The fraction of sp³-hybridized carbons (Fsp3) is 0.767. The summed E-state index contributed by atoms with van der Waals surface area (Å²) in [5.74, 6) is 0.400. The average molecular weight is 702 g/mol. The van der Waals surface area contributed by atoms with Crippen molar-refractivity contribution >= 4 is 30.5 Å². The molecule has 4 N–H and O–H groups in total. The molecule has 16 heteroatoms. The van der Waals surface area contributed by atoms with Gasteiger partial charge in [0.05, 0.1) is 17.6 Å². The summed E-state index contributed by atoms with van der Waals surface area (Å²) >= 11 is -1.70. The maximum absolute atomic E-state index is 13.7. The third-order valence-electron chi connectivity index (χ3n) is 7.86. The molecule has 1 aliphatic rings. The predicted molar refractivity (Wildman–Crippen MR) is 171 cm³/mol. The third kappa shape index (κ3) is 10.8. The number of fused-ring (bicyclic) bond motifs is 1. The lowest BCUT2D eigenvalue weighted by Crippen LogP contribution is -2.47. The molecule has 0 amide bonds. The van der Waals surface area contributed by atoms with E-state index in [0.717, 1.165) is 38.3 Å². The maximum Gasteiger partial charge on any atom is 0.416 e. The van der Waals surface area contributed by atoms with E-state index in [1.165, 1.54) is 0 Å². The molecule has 1 aromatic heterocycles. The zero-order chi connectivity index (χ0) is 34.9. The summed E-state index contributed by atoms with van der Waals surface area (Å²) in [6.07, 6.45) is -7.50. The minimum atomic E-state index is -4.66. The van der Waals surface area contributed by atoms with Crippen molar-refractivity contribution in [2.45, 2.75) is 121 Å². The zero-order valence-electron chi connectivity index (χ0n) is 27.9. The van der Waals surface area contributed by atoms with Crippen LogP contribution in [0.25, 0.3) is 11.0 Å². The number of rotatable bonds is 16. The first-order valence-corrected chi connectivity index (χ1v) is 20.3. The van der Waals surface area contributed by atoms with Crippen molar-refractivity contribution < 1.29 is 40.4 Å². The molecule has 46 heavy (non-hydrogen) atoms. The first-order valence-electron chi connectivity index (χ1n) is 15.4. The summed E-state index contributed by atoms with van der Waals surface area (Å²) in [7, 11) is -1.43. The Morgan fingerprint density at radius 3 is 2.24 bits per heavy atom. The van der Waals surface area contributed by atoms with Gasteiger partial charge >= 0.3 is 12.4 Å². The van der Waals surface area contributed by atoms with Crippen LogP contribution in [0.2, 0.25) is 25.7 Å². The zero-order valence-corrected chi connectivity index (χ0v) is 29.7. The van der Waals surface area contributed by atoms with Crippen LogP contribution in [0.1, 0.15) is 70.9 Å². The van der Waals surface area contributed by atoms with Crippen LogP contribution in [0.15, 0.2) is 18.2 Å². The van der Waals surface area contributed by atoms with Crippen molar-refractivity contribution in [1.29, 1.82) is 0 Å². The first-order chi connectivity index (χ1) is 20.9. The minimum absolute atomic E-state index is 0.0311. The summed E-state index contributed by atoms with van der Waals surface area (Å²) < 4.78 is 109. The van der Waals surface area contributed by atoms with Gasteiger partial charge in [-0.2, -0.15) is 26.3 Å². The average Bonchev–Trinajstić information content (AvgIpc) is 3.67. The van der Waals surface area contributed by atoms with Crippen LogP contribution in [0.4, 0.5) is 26.3 Å². The van der Waals surface area contributed by atoms with E-state index >= 15 is 0 Å². The highest BCUT2D eigenvalue weighted by atomic mass is 32.2. The van der Waals surface area contributed by atoms with Crippen LogP contribution < -0.4 is 15.8 Å². The van der Waals surface area contributed by atoms with Crippen molar-refractivity contribution in [3.63, 3.8) is 0 Å². The Kier molecular flexibility index (Phi) is 12.4. The molecule has 1 aromatic carbocycles. The quantitative estimate of drug-likeness (QED) is 0.0771. The topological polar surface area (TPSA) is 109 Å². The van der Waals surface area contributed by atoms with Gasteiger partial charge in [-0.1, -0.05) is 25.7 Å². The van der Waals surface area contributed by atoms with Gasteiger partial charge in [0.25, 0.3) is 0 Å². The van der Waals surface area contributed by atoms with Crippen molar-refractivity contribution in [2.75, 3.05) is 19.8 Å². The van der Waals surface area contributed by atoms with Crippen LogP contribution in [0.5, 0.6) is 0 Å². The van der Waals surface area contributed by atoms with E-state index in [0.29, 0.717) is 17.6 Å². The highest BCUT2D eigenvalue weighted by molar-refractivity contribution is 7.90. The maximum atomic E-state index is 13.7. The smallest absolute Gasteiger partial charge is 0.416 e. The molecule has 0 saturated heterocycles. The lowest BCUT2D eigenvalue weighted by Gasteiger charge is -2.32. The molecule has 0 bridgehead atoms. The number of nitrogens with zero attached hydrogens (tertiary/aromatic N) is 2. The molecule has 1 saturated carbocycles. The molecule has 0 aliphatic heterocycles. The normalized spacial score (nSPS) is 18.2. The fourth-order valence-electron chi connectivity index (χ4n) is 4.49. The number of nitrogens with one attached hydrogen (secondary N) is 2. The summed E-state index contributed by atoms with van der Waals surface area (Å²) in [5, 5.41) is 2.98. The molecule has 1 heterocycles. The Morgan fingerprint density at radius 2 is 1.72 bits per heavy atom. The molecular weight excluding hydrogens is 653 g/mol. The van der Waals surface area contributed by atoms with Crippen molar-refractivity contribution in [3.8, 4) is 0 Å². The summed E-state index contributed by atoms with van der Waals surface area (Å²) in [6, 6.07) is 2.80. The SMILES string of the molecule is CC(C)(C)[S+]([O-])N[C@@H](COC(C)(C)C(F)(F)F)c1nc2cc([C@H](NC[C@H](N)C(F)(F)F)C3CC3)ccc2n1COCC[Si](C)(C)C. The van der Waals surface area contributed by atoms with Crippen molar-refractivity contribution in [1.82, 2.24) is 19.6 Å².